The highest BCUT2D eigenvalue weighted by Gasteiger charge is 2.32. The third-order valence-electron chi connectivity index (χ3n) is 7.19. The quantitative estimate of drug-likeness (QED) is 0.263. The summed E-state index contributed by atoms with van der Waals surface area (Å²) in [4.78, 5) is 16.8. The van der Waals surface area contributed by atoms with E-state index in [9.17, 15) is 13.2 Å². The highest BCUT2D eigenvalue weighted by molar-refractivity contribution is 7.89. The Labute approximate surface area is 237 Å². The molecule has 8 nitrogen and oxygen atoms in total. The first-order chi connectivity index (χ1) is 19.5. The number of nitrogens with zero attached hydrogens (tertiary/aromatic N) is 2. The lowest BCUT2D eigenvalue weighted by atomic mass is 10.1. The van der Waals surface area contributed by atoms with E-state index in [2.05, 4.69) is 0 Å². The van der Waals surface area contributed by atoms with Crippen molar-refractivity contribution in [1.82, 2.24) is 9.21 Å². The third kappa shape index (κ3) is 5.85. The summed E-state index contributed by atoms with van der Waals surface area (Å²) >= 11 is 1.56. The van der Waals surface area contributed by atoms with Gasteiger partial charge in [0.25, 0.3) is 0 Å². The second-order valence-electron chi connectivity index (χ2n) is 9.96. The van der Waals surface area contributed by atoms with Crippen LogP contribution in [-0.2, 0) is 32.6 Å². The van der Waals surface area contributed by atoms with Crippen LogP contribution in [0.3, 0.4) is 0 Å². The molecule has 1 unspecified atom stereocenters. The van der Waals surface area contributed by atoms with Gasteiger partial charge < -0.3 is 19.1 Å². The summed E-state index contributed by atoms with van der Waals surface area (Å²) in [6.45, 7) is 1.27. The molecule has 0 N–H and O–H groups in total. The fourth-order valence-electron chi connectivity index (χ4n) is 5.07. The Morgan fingerprint density at radius 3 is 2.58 bits per heavy atom. The molecule has 4 aromatic rings. The van der Waals surface area contributed by atoms with Gasteiger partial charge in [-0.3, -0.25) is 4.79 Å². The summed E-state index contributed by atoms with van der Waals surface area (Å²) in [6, 6.07) is 22.2. The molecule has 6 rings (SSSR count). The molecule has 40 heavy (non-hydrogen) atoms. The van der Waals surface area contributed by atoms with E-state index in [0.717, 1.165) is 34.1 Å². The molecule has 1 aromatic heterocycles. The van der Waals surface area contributed by atoms with Gasteiger partial charge >= 0.3 is 0 Å². The van der Waals surface area contributed by atoms with Crippen molar-refractivity contribution in [3.63, 3.8) is 0 Å². The van der Waals surface area contributed by atoms with Gasteiger partial charge in [0.1, 0.15) is 0 Å². The number of rotatable bonds is 10. The van der Waals surface area contributed by atoms with Crippen molar-refractivity contribution in [3.8, 4) is 11.5 Å². The van der Waals surface area contributed by atoms with Gasteiger partial charge in [-0.2, -0.15) is 4.31 Å². The van der Waals surface area contributed by atoms with Crippen molar-refractivity contribution in [3.05, 3.63) is 88.6 Å². The van der Waals surface area contributed by atoms with Crippen molar-refractivity contribution in [2.75, 3.05) is 26.5 Å². The number of carbonyl (C=O) groups excluding carboxylic acids is 1. The average Bonchev–Trinajstić information content (AvgIpc) is 3.75. The Morgan fingerprint density at radius 2 is 1.77 bits per heavy atom. The highest BCUT2D eigenvalue weighted by atomic mass is 32.2. The van der Waals surface area contributed by atoms with Crippen molar-refractivity contribution in [1.29, 1.82) is 0 Å². The number of benzene rings is 3. The largest absolute Gasteiger partial charge is 0.454 e. The minimum absolute atomic E-state index is 0.123. The minimum Gasteiger partial charge on any atom is -0.454 e. The molecule has 3 heterocycles. The first-order valence-electron chi connectivity index (χ1n) is 13.2. The maximum Gasteiger partial charge on any atom is 0.243 e. The maximum absolute atomic E-state index is 14.0. The van der Waals surface area contributed by atoms with Crippen LogP contribution in [0.15, 0.2) is 83.1 Å². The number of thiophene rings is 1. The summed E-state index contributed by atoms with van der Waals surface area (Å²) < 4.78 is 46.0. The molecule has 1 fully saturated rings. The second-order valence-corrected chi connectivity index (χ2v) is 12.9. The number of ether oxygens (including phenoxy) is 3. The Kier molecular flexibility index (Phi) is 7.75. The van der Waals surface area contributed by atoms with E-state index in [0.29, 0.717) is 31.2 Å². The average molecular weight is 579 g/mol. The molecule has 208 valence electrons. The number of hydrogen-bond acceptors (Lipinski definition) is 7. The molecular weight excluding hydrogens is 548 g/mol. The summed E-state index contributed by atoms with van der Waals surface area (Å²) in [5.74, 6) is 1.03. The van der Waals surface area contributed by atoms with Crippen LogP contribution in [-0.4, -0.2) is 56.1 Å². The van der Waals surface area contributed by atoms with Crippen molar-refractivity contribution >= 4 is 38.0 Å². The monoisotopic (exact) mass is 578 g/mol. The Balaban J connectivity index is 1.29. The summed E-state index contributed by atoms with van der Waals surface area (Å²) in [5.41, 5.74) is 0.872. The van der Waals surface area contributed by atoms with Crippen molar-refractivity contribution in [2.45, 2.75) is 36.9 Å². The molecule has 0 radical (unpaired) electrons. The first kappa shape index (κ1) is 26.8. The van der Waals surface area contributed by atoms with Gasteiger partial charge in [0, 0.05) is 24.6 Å². The van der Waals surface area contributed by atoms with E-state index >= 15 is 0 Å². The lowest BCUT2D eigenvalue weighted by molar-refractivity contribution is -0.132. The molecule has 3 aromatic carbocycles. The number of carbonyl (C=O) groups is 1. The van der Waals surface area contributed by atoms with E-state index in [1.807, 2.05) is 60.0 Å². The standard InChI is InChI=1S/C30H30N2O6S2/c33-30(31(19-26-8-4-14-39-26)17-22-9-12-28-29(15-22)38-21-37-28)20-32(18-25-7-3-13-36-25)40(34,35)27-11-10-23-5-1-2-6-24(23)16-27/h1-2,4-6,8-12,14-16,25H,3,7,13,17-21H2. The number of fused-ring (bicyclic) bond motifs is 2. The Bertz CT molecular complexity index is 1600. The van der Waals surface area contributed by atoms with Crippen LogP contribution in [0.1, 0.15) is 23.3 Å². The molecule has 2 aliphatic rings. The lowest BCUT2D eigenvalue weighted by Gasteiger charge is -2.28. The van der Waals surface area contributed by atoms with Crippen molar-refractivity contribution in [2.24, 2.45) is 0 Å². The number of hydrogen-bond donors (Lipinski definition) is 0. The van der Waals surface area contributed by atoms with Crippen LogP contribution in [0.5, 0.6) is 11.5 Å². The van der Waals surface area contributed by atoms with Crippen LogP contribution in [0, 0.1) is 0 Å². The molecular formula is C30H30N2O6S2. The Hall–Kier alpha value is -3.44. The van der Waals surface area contributed by atoms with E-state index < -0.39 is 10.0 Å². The highest BCUT2D eigenvalue weighted by Crippen LogP contribution is 2.33. The van der Waals surface area contributed by atoms with Gasteiger partial charge in [-0.1, -0.05) is 42.5 Å². The fourth-order valence-corrected chi connectivity index (χ4v) is 7.25. The van der Waals surface area contributed by atoms with Gasteiger partial charge in [-0.25, -0.2) is 8.42 Å². The minimum atomic E-state index is -3.98. The molecule has 10 heteroatoms. The molecule has 0 spiro atoms. The topological polar surface area (TPSA) is 85.4 Å². The van der Waals surface area contributed by atoms with Crippen LogP contribution in [0.2, 0.25) is 0 Å². The van der Waals surface area contributed by atoms with Crippen LogP contribution in [0.25, 0.3) is 10.8 Å². The molecule has 0 aliphatic carbocycles. The van der Waals surface area contributed by atoms with Gasteiger partial charge in [-0.15, -0.1) is 11.3 Å². The number of sulfonamides is 1. The molecule has 0 saturated carbocycles. The molecule has 1 saturated heterocycles. The van der Waals surface area contributed by atoms with Crippen molar-refractivity contribution < 1.29 is 27.4 Å². The summed E-state index contributed by atoms with van der Waals surface area (Å²) in [5, 5.41) is 3.75. The van der Waals surface area contributed by atoms with Gasteiger partial charge in [-0.05, 0) is 64.9 Å². The van der Waals surface area contributed by atoms with E-state index in [1.54, 1.807) is 34.4 Å². The fraction of sp³-hybridized carbons (Fsp3) is 0.300. The maximum atomic E-state index is 14.0. The van der Waals surface area contributed by atoms with E-state index in [4.69, 9.17) is 14.2 Å². The summed E-state index contributed by atoms with van der Waals surface area (Å²) in [7, 11) is -3.98. The van der Waals surface area contributed by atoms with Gasteiger partial charge in [0.2, 0.25) is 22.7 Å². The molecule has 1 amide bonds. The van der Waals surface area contributed by atoms with Gasteiger partial charge in [0.05, 0.1) is 24.1 Å². The lowest BCUT2D eigenvalue weighted by Crippen LogP contribution is -2.45. The Morgan fingerprint density at radius 1 is 0.925 bits per heavy atom. The zero-order valence-corrected chi connectivity index (χ0v) is 23.5. The zero-order valence-electron chi connectivity index (χ0n) is 21.9. The number of amides is 1. The van der Waals surface area contributed by atoms with Gasteiger partial charge in [0.15, 0.2) is 11.5 Å². The predicted molar refractivity (Wildman–Crippen MR) is 153 cm³/mol. The second kappa shape index (κ2) is 11.6. The summed E-state index contributed by atoms with van der Waals surface area (Å²) in [6.07, 6.45) is 1.38. The van der Waals surface area contributed by atoms with Crippen LogP contribution in [0.4, 0.5) is 0 Å². The van der Waals surface area contributed by atoms with Crippen LogP contribution < -0.4 is 9.47 Å². The zero-order chi connectivity index (χ0) is 27.5. The first-order valence-corrected chi connectivity index (χ1v) is 15.6. The predicted octanol–water partition coefficient (Wildman–Crippen LogP) is 5.03. The van der Waals surface area contributed by atoms with E-state index in [-0.39, 0.29) is 36.8 Å². The van der Waals surface area contributed by atoms with Crippen LogP contribution >= 0.6 is 11.3 Å². The molecule has 0 bridgehead atoms. The molecule has 2 aliphatic heterocycles. The molecule has 1 atom stereocenters. The third-order valence-corrected chi connectivity index (χ3v) is 9.86. The normalized spacial score (nSPS) is 16.6. The SMILES string of the molecule is O=C(CN(CC1CCCO1)S(=O)(=O)c1ccc2ccccc2c1)N(Cc1ccc2c(c1)OCO2)Cc1cccs1. The smallest absolute Gasteiger partial charge is 0.243 e. The van der Waals surface area contributed by atoms with E-state index in [1.165, 1.54) is 4.31 Å².